The molecule has 2 aliphatic rings. The van der Waals surface area contributed by atoms with E-state index in [1.165, 1.54) is 0 Å². The molecule has 0 saturated carbocycles. The van der Waals surface area contributed by atoms with E-state index in [4.69, 9.17) is 10.5 Å². The Morgan fingerprint density at radius 3 is 2.70 bits per heavy atom. The molecule has 3 rings (SSSR count). The Kier molecular flexibility index (Phi) is 8.53. The number of carbonyl (C=O) groups is 1. The first kappa shape index (κ1) is 21.7. The van der Waals surface area contributed by atoms with Gasteiger partial charge in [0.15, 0.2) is 0 Å². The molecular weight excluding hydrogens is 368 g/mol. The van der Waals surface area contributed by atoms with E-state index >= 15 is 0 Å². The summed E-state index contributed by atoms with van der Waals surface area (Å²) in [5, 5.41) is 3.11. The van der Waals surface area contributed by atoms with Gasteiger partial charge in [0.1, 0.15) is 18.0 Å². The average Bonchev–Trinajstić information content (AvgIpc) is 2.69. The summed E-state index contributed by atoms with van der Waals surface area (Å²) in [6.45, 7) is 6.90. The number of hydrogen-bond donors (Lipinski definition) is 2. The standard InChI is InChI=1S/C18H30N6O2.ClH/c1-2-4-15(19)18(25)22-14-5-3-6-24(12-14)17-11-16(20-13-21-17)23-7-9-26-10-8-23;/h11,13-15H,2-10,12,19H2,1H3,(H,22,25);1H. The van der Waals surface area contributed by atoms with Crippen LogP contribution in [-0.4, -0.2) is 67.4 Å². The summed E-state index contributed by atoms with van der Waals surface area (Å²) in [5.74, 6) is 1.81. The zero-order valence-corrected chi connectivity index (χ0v) is 16.8. The van der Waals surface area contributed by atoms with Crippen molar-refractivity contribution < 1.29 is 9.53 Å². The van der Waals surface area contributed by atoms with E-state index in [0.717, 1.165) is 76.7 Å². The predicted molar refractivity (Wildman–Crippen MR) is 109 cm³/mol. The first-order valence-electron chi connectivity index (χ1n) is 9.63. The molecule has 0 aliphatic carbocycles. The highest BCUT2D eigenvalue weighted by molar-refractivity contribution is 5.85. The van der Waals surface area contributed by atoms with Crippen LogP contribution in [0.25, 0.3) is 0 Å². The fraction of sp³-hybridized carbons (Fsp3) is 0.722. The van der Waals surface area contributed by atoms with E-state index in [9.17, 15) is 4.79 Å². The lowest BCUT2D eigenvalue weighted by molar-refractivity contribution is -0.123. The van der Waals surface area contributed by atoms with Crippen LogP contribution in [0.1, 0.15) is 32.6 Å². The molecule has 3 heterocycles. The zero-order valence-electron chi connectivity index (χ0n) is 16.0. The van der Waals surface area contributed by atoms with Gasteiger partial charge in [-0.2, -0.15) is 0 Å². The molecule has 1 aromatic heterocycles. The Morgan fingerprint density at radius 2 is 2.00 bits per heavy atom. The number of anilines is 2. The number of ether oxygens (including phenoxy) is 1. The van der Waals surface area contributed by atoms with Gasteiger partial charge in [0, 0.05) is 38.3 Å². The Labute approximate surface area is 167 Å². The van der Waals surface area contributed by atoms with Gasteiger partial charge < -0.3 is 25.6 Å². The maximum absolute atomic E-state index is 12.2. The van der Waals surface area contributed by atoms with Crippen LogP contribution < -0.4 is 20.9 Å². The lowest BCUT2D eigenvalue weighted by atomic mass is 10.0. The maximum atomic E-state index is 12.2. The van der Waals surface area contributed by atoms with E-state index in [2.05, 4.69) is 25.1 Å². The summed E-state index contributed by atoms with van der Waals surface area (Å²) < 4.78 is 5.41. The van der Waals surface area contributed by atoms with Gasteiger partial charge in [0.05, 0.1) is 19.3 Å². The lowest BCUT2D eigenvalue weighted by Crippen LogP contribution is -2.52. The minimum Gasteiger partial charge on any atom is -0.378 e. The predicted octanol–water partition coefficient (Wildman–Crippen LogP) is 0.947. The maximum Gasteiger partial charge on any atom is 0.237 e. The van der Waals surface area contributed by atoms with Crippen molar-refractivity contribution in [3.63, 3.8) is 0 Å². The third-order valence-electron chi connectivity index (χ3n) is 5.00. The van der Waals surface area contributed by atoms with Crippen LogP contribution in [0, 0.1) is 0 Å². The van der Waals surface area contributed by atoms with Crippen LogP contribution in [0.15, 0.2) is 12.4 Å². The zero-order chi connectivity index (χ0) is 18.4. The number of piperidine rings is 1. The number of halogens is 1. The molecule has 8 nitrogen and oxygen atoms in total. The van der Waals surface area contributed by atoms with E-state index in [1.54, 1.807) is 6.33 Å². The summed E-state index contributed by atoms with van der Waals surface area (Å²) in [7, 11) is 0. The van der Waals surface area contributed by atoms with Crippen molar-refractivity contribution in [2.75, 3.05) is 49.2 Å². The van der Waals surface area contributed by atoms with Crippen molar-refractivity contribution in [1.29, 1.82) is 0 Å². The summed E-state index contributed by atoms with van der Waals surface area (Å²) in [6.07, 6.45) is 5.25. The SMILES string of the molecule is CCCC(N)C(=O)NC1CCCN(c2cc(N3CCOCC3)ncn2)C1.Cl. The Balaban J connectivity index is 0.00000261. The Hall–Kier alpha value is -1.64. The summed E-state index contributed by atoms with van der Waals surface area (Å²) in [6, 6.07) is 1.74. The van der Waals surface area contributed by atoms with Crippen molar-refractivity contribution in [2.45, 2.75) is 44.7 Å². The molecule has 2 aliphatic heterocycles. The number of hydrogen-bond acceptors (Lipinski definition) is 7. The molecule has 27 heavy (non-hydrogen) atoms. The minimum atomic E-state index is -0.414. The fourth-order valence-electron chi connectivity index (χ4n) is 3.53. The molecule has 0 radical (unpaired) electrons. The quantitative estimate of drug-likeness (QED) is 0.736. The third kappa shape index (κ3) is 5.92. The highest BCUT2D eigenvalue weighted by Gasteiger charge is 2.25. The largest absolute Gasteiger partial charge is 0.378 e. The molecule has 2 fully saturated rings. The van der Waals surface area contributed by atoms with Gasteiger partial charge in [0.2, 0.25) is 5.91 Å². The van der Waals surface area contributed by atoms with Gasteiger partial charge in [-0.15, -0.1) is 12.4 Å². The molecule has 0 bridgehead atoms. The number of rotatable bonds is 6. The van der Waals surface area contributed by atoms with Crippen molar-refractivity contribution in [3.05, 3.63) is 12.4 Å². The molecule has 1 amide bonds. The normalized spacial score (nSPS) is 21.3. The van der Waals surface area contributed by atoms with Gasteiger partial charge in [0.25, 0.3) is 0 Å². The molecule has 2 atom stereocenters. The number of carbonyl (C=O) groups excluding carboxylic acids is 1. The third-order valence-corrected chi connectivity index (χ3v) is 5.00. The second kappa shape index (κ2) is 10.6. The first-order chi connectivity index (χ1) is 12.7. The molecule has 152 valence electrons. The molecule has 9 heteroatoms. The Morgan fingerprint density at radius 1 is 1.30 bits per heavy atom. The smallest absolute Gasteiger partial charge is 0.237 e. The number of morpholine rings is 1. The highest BCUT2D eigenvalue weighted by Crippen LogP contribution is 2.22. The fourth-order valence-corrected chi connectivity index (χ4v) is 3.53. The number of aromatic nitrogens is 2. The minimum absolute atomic E-state index is 0. The molecular formula is C18H31ClN6O2. The van der Waals surface area contributed by atoms with Gasteiger partial charge in [-0.25, -0.2) is 9.97 Å². The first-order valence-corrected chi connectivity index (χ1v) is 9.63. The number of nitrogens with one attached hydrogen (secondary N) is 1. The highest BCUT2D eigenvalue weighted by atomic mass is 35.5. The van der Waals surface area contributed by atoms with Crippen LogP contribution in [0.2, 0.25) is 0 Å². The van der Waals surface area contributed by atoms with Crippen molar-refractivity contribution in [1.82, 2.24) is 15.3 Å². The van der Waals surface area contributed by atoms with Crippen LogP contribution in [0.4, 0.5) is 11.6 Å². The number of nitrogens with zero attached hydrogens (tertiary/aromatic N) is 4. The monoisotopic (exact) mass is 398 g/mol. The van der Waals surface area contributed by atoms with Crippen molar-refractivity contribution >= 4 is 29.9 Å². The van der Waals surface area contributed by atoms with Crippen LogP contribution in [0.5, 0.6) is 0 Å². The molecule has 0 spiro atoms. The van der Waals surface area contributed by atoms with E-state index < -0.39 is 6.04 Å². The van der Waals surface area contributed by atoms with Crippen molar-refractivity contribution in [3.8, 4) is 0 Å². The summed E-state index contributed by atoms with van der Waals surface area (Å²) in [4.78, 5) is 25.5. The van der Waals surface area contributed by atoms with Crippen molar-refractivity contribution in [2.24, 2.45) is 5.73 Å². The van der Waals surface area contributed by atoms with Gasteiger partial charge in [-0.05, 0) is 19.3 Å². The molecule has 0 aromatic carbocycles. The van der Waals surface area contributed by atoms with Gasteiger partial charge >= 0.3 is 0 Å². The van der Waals surface area contributed by atoms with Gasteiger partial charge in [-0.3, -0.25) is 4.79 Å². The van der Waals surface area contributed by atoms with E-state index in [1.807, 2.05) is 13.0 Å². The number of nitrogens with two attached hydrogens (primary N) is 1. The van der Waals surface area contributed by atoms with E-state index in [-0.39, 0.29) is 24.4 Å². The summed E-state index contributed by atoms with van der Waals surface area (Å²) in [5.41, 5.74) is 5.93. The van der Waals surface area contributed by atoms with Gasteiger partial charge in [-0.1, -0.05) is 13.3 Å². The van der Waals surface area contributed by atoms with Crippen LogP contribution in [-0.2, 0) is 9.53 Å². The second-order valence-electron chi connectivity index (χ2n) is 7.02. The Bertz CT molecular complexity index is 599. The van der Waals surface area contributed by atoms with E-state index in [0.29, 0.717) is 0 Å². The molecule has 2 saturated heterocycles. The molecule has 2 unspecified atom stereocenters. The second-order valence-corrected chi connectivity index (χ2v) is 7.02. The molecule has 1 aromatic rings. The lowest BCUT2D eigenvalue weighted by Gasteiger charge is -2.35. The molecule has 3 N–H and O–H groups in total. The summed E-state index contributed by atoms with van der Waals surface area (Å²) >= 11 is 0. The van der Waals surface area contributed by atoms with Crippen LogP contribution >= 0.6 is 12.4 Å². The topological polar surface area (TPSA) is 96.6 Å². The number of amides is 1. The van der Waals surface area contributed by atoms with Crippen LogP contribution in [0.3, 0.4) is 0 Å². The average molecular weight is 399 g/mol.